The Kier molecular flexibility index (Phi) is 5.12. The highest BCUT2D eigenvalue weighted by Gasteiger charge is 2.25. The first-order valence-electron chi connectivity index (χ1n) is 7.29. The number of hydrogen-bond acceptors (Lipinski definition) is 2. The molecule has 4 heteroatoms. The van der Waals surface area contributed by atoms with E-state index in [9.17, 15) is 14.3 Å². The average molecular weight is 279 g/mol. The van der Waals surface area contributed by atoms with Crippen LogP contribution in [0.5, 0.6) is 0 Å². The quantitative estimate of drug-likeness (QED) is 0.836. The summed E-state index contributed by atoms with van der Waals surface area (Å²) in [6.07, 6.45) is 5.01. The van der Waals surface area contributed by atoms with E-state index in [4.69, 9.17) is 0 Å². The summed E-state index contributed by atoms with van der Waals surface area (Å²) in [5.74, 6) is -0.792. The van der Waals surface area contributed by atoms with Crippen LogP contribution in [0.25, 0.3) is 0 Å². The Morgan fingerprint density at radius 1 is 1.35 bits per heavy atom. The third kappa shape index (κ3) is 3.57. The summed E-state index contributed by atoms with van der Waals surface area (Å²) in [6, 6.07) is 4.56. The van der Waals surface area contributed by atoms with Crippen LogP contribution in [-0.4, -0.2) is 23.7 Å². The van der Waals surface area contributed by atoms with Gasteiger partial charge in [-0.3, -0.25) is 4.79 Å². The Labute approximate surface area is 119 Å². The van der Waals surface area contributed by atoms with Gasteiger partial charge in [0.1, 0.15) is 5.82 Å². The second kappa shape index (κ2) is 6.84. The second-order valence-electron chi connectivity index (χ2n) is 5.64. The first-order valence-corrected chi connectivity index (χ1v) is 7.29. The molecule has 1 aromatic rings. The maximum absolute atomic E-state index is 13.8. The van der Waals surface area contributed by atoms with Gasteiger partial charge in [-0.25, -0.2) is 4.39 Å². The van der Waals surface area contributed by atoms with E-state index in [0.717, 1.165) is 37.7 Å². The van der Waals surface area contributed by atoms with Crippen molar-refractivity contribution in [3.05, 3.63) is 35.1 Å². The van der Waals surface area contributed by atoms with E-state index in [1.165, 1.54) is 12.1 Å². The lowest BCUT2D eigenvalue weighted by atomic mass is 9.95. The summed E-state index contributed by atoms with van der Waals surface area (Å²) in [5.41, 5.74) is 0.873. The maximum atomic E-state index is 13.8. The summed E-state index contributed by atoms with van der Waals surface area (Å²) in [7, 11) is 0. The monoisotopic (exact) mass is 279 g/mol. The van der Waals surface area contributed by atoms with E-state index in [0.29, 0.717) is 0 Å². The minimum atomic E-state index is -0.489. The second-order valence-corrected chi connectivity index (χ2v) is 5.64. The van der Waals surface area contributed by atoms with Crippen LogP contribution < -0.4 is 5.32 Å². The number of hydrogen-bond donors (Lipinski definition) is 2. The van der Waals surface area contributed by atoms with Crippen molar-refractivity contribution in [2.24, 2.45) is 5.92 Å². The molecule has 2 unspecified atom stereocenters. The third-order valence-electron chi connectivity index (χ3n) is 4.08. The third-order valence-corrected chi connectivity index (χ3v) is 4.08. The van der Waals surface area contributed by atoms with Crippen molar-refractivity contribution in [2.75, 3.05) is 6.61 Å². The first kappa shape index (κ1) is 15.0. The average Bonchev–Trinajstić information content (AvgIpc) is 2.63. The van der Waals surface area contributed by atoms with Crippen LogP contribution in [0.3, 0.4) is 0 Å². The molecular weight excluding hydrogens is 257 g/mol. The number of rotatable bonds is 3. The highest BCUT2D eigenvalue weighted by atomic mass is 19.1. The highest BCUT2D eigenvalue weighted by molar-refractivity contribution is 5.94. The molecule has 110 valence electrons. The van der Waals surface area contributed by atoms with Crippen molar-refractivity contribution in [1.82, 2.24) is 5.32 Å². The number of aryl methyl sites for hydroxylation is 1. The summed E-state index contributed by atoms with van der Waals surface area (Å²) < 4.78 is 13.8. The predicted octanol–water partition coefficient (Wildman–Crippen LogP) is 2.81. The van der Waals surface area contributed by atoms with E-state index in [-0.39, 0.29) is 30.0 Å². The van der Waals surface area contributed by atoms with Gasteiger partial charge in [0.05, 0.1) is 5.56 Å². The van der Waals surface area contributed by atoms with Crippen molar-refractivity contribution in [3.63, 3.8) is 0 Å². The molecule has 3 nitrogen and oxygen atoms in total. The molecule has 1 aromatic carbocycles. The zero-order valence-electron chi connectivity index (χ0n) is 11.9. The number of nitrogens with one attached hydrogen (secondary N) is 1. The first-order chi connectivity index (χ1) is 9.61. The molecule has 2 rings (SSSR count). The molecule has 0 bridgehead atoms. The molecule has 20 heavy (non-hydrogen) atoms. The van der Waals surface area contributed by atoms with E-state index in [1.54, 1.807) is 13.0 Å². The molecule has 0 aliphatic heterocycles. The smallest absolute Gasteiger partial charge is 0.254 e. The standard InChI is InChI=1S/C16H22FNO2/c1-11-7-8-13(14(17)9-11)16(20)18-15-6-4-2-3-5-12(15)10-19/h7-9,12,15,19H,2-6,10H2,1H3,(H,18,20). The fourth-order valence-corrected chi connectivity index (χ4v) is 2.84. The van der Waals surface area contributed by atoms with Gasteiger partial charge in [-0.05, 0) is 37.5 Å². The molecule has 0 saturated heterocycles. The number of aliphatic hydroxyl groups excluding tert-OH is 1. The van der Waals surface area contributed by atoms with E-state index >= 15 is 0 Å². The molecular formula is C16H22FNO2. The zero-order valence-corrected chi connectivity index (χ0v) is 11.9. The topological polar surface area (TPSA) is 49.3 Å². The number of carbonyl (C=O) groups is 1. The number of aliphatic hydroxyl groups is 1. The lowest BCUT2D eigenvalue weighted by Crippen LogP contribution is -2.41. The van der Waals surface area contributed by atoms with Crippen LogP contribution >= 0.6 is 0 Å². The van der Waals surface area contributed by atoms with Crippen molar-refractivity contribution < 1.29 is 14.3 Å². The zero-order chi connectivity index (χ0) is 14.5. The van der Waals surface area contributed by atoms with Gasteiger partial charge in [0.25, 0.3) is 5.91 Å². The Balaban J connectivity index is 2.09. The van der Waals surface area contributed by atoms with Crippen LogP contribution in [0.2, 0.25) is 0 Å². The minimum Gasteiger partial charge on any atom is -0.396 e. The van der Waals surface area contributed by atoms with E-state index < -0.39 is 5.82 Å². The molecule has 0 spiro atoms. The molecule has 1 aliphatic carbocycles. The summed E-state index contributed by atoms with van der Waals surface area (Å²) in [6.45, 7) is 1.86. The predicted molar refractivity (Wildman–Crippen MR) is 76.1 cm³/mol. The van der Waals surface area contributed by atoms with Crippen LogP contribution in [0.15, 0.2) is 18.2 Å². The largest absolute Gasteiger partial charge is 0.396 e. The van der Waals surface area contributed by atoms with Gasteiger partial charge in [0, 0.05) is 18.6 Å². The normalized spacial score (nSPS) is 23.1. The van der Waals surface area contributed by atoms with Gasteiger partial charge < -0.3 is 10.4 Å². The van der Waals surface area contributed by atoms with Gasteiger partial charge in [0.15, 0.2) is 0 Å². The van der Waals surface area contributed by atoms with Gasteiger partial charge in [-0.15, -0.1) is 0 Å². The summed E-state index contributed by atoms with van der Waals surface area (Å²) >= 11 is 0. The summed E-state index contributed by atoms with van der Waals surface area (Å²) in [5, 5.41) is 12.3. The van der Waals surface area contributed by atoms with Gasteiger partial charge in [0.2, 0.25) is 0 Å². The summed E-state index contributed by atoms with van der Waals surface area (Å²) in [4.78, 5) is 12.2. The van der Waals surface area contributed by atoms with E-state index in [1.807, 2.05) is 0 Å². The Bertz CT molecular complexity index is 476. The van der Waals surface area contributed by atoms with Crippen LogP contribution in [0.4, 0.5) is 4.39 Å². The molecule has 2 atom stereocenters. The van der Waals surface area contributed by atoms with Crippen LogP contribution in [0.1, 0.15) is 48.0 Å². The van der Waals surface area contributed by atoms with Crippen molar-refractivity contribution in [2.45, 2.75) is 45.1 Å². The van der Waals surface area contributed by atoms with Crippen molar-refractivity contribution >= 4 is 5.91 Å². The minimum absolute atomic E-state index is 0.0595. The van der Waals surface area contributed by atoms with Gasteiger partial charge in [-0.1, -0.05) is 25.3 Å². The molecule has 1 aliphatic rings. The van der Waals surface area contributed by atoms with Gasteiger partial charge >= 0.3 is 0 Å². The molecule has 0 aromatic heterocycles. The molecule has 0 heterocycles. The Morgan fingerprint density at radius 2 is 2.10 bits per heavy atom. The number of amides is 1. The SMILES string of the molecule is Cc1ccc(C(=O)NC2CCCCCC2CO)c(F)c1. The number of halogens is 1. The molecule has 1 fully saturated rings. The number of carbonyl (C=O) groups excluding carboxylic acids is 1. The number of benzene rings is 1. The van der Waals surface area contributed by atoms with Crippen LogP contribution in [-0.2, 0) is 0 Å². The Morgan fingerprint density at radius 3 is 2.80 bits per heavy atom. The lowest BCUT2D eigenvalue weighted by Gasteiger charge is -2.24. The van der Waals surface area contributed by atoms with E-state index in [2.05, 4.69) is 5.32 Å². The lowest BCUT2D eigenvalue weighted by molar-refractivity contribution is 0.0895. The van der Waals surface area contributed by atoms with Gasteiger partial charge in [-0.2, -0.15) is 0 Å². The van der Waals surface area contributed by atoms with Crippen molar-refractivity contribution in [1.29, 1.82) is 0 Å². The van der Waals surface area contributed by atoms with Crippen LogP contribution in [0, 0.1) is 18.7 Å². The Hall–Kier alpha value is -1.42. The van der Waals surface area contributed by atoms with Crippen molar-refractivity contribution in [3.8, 4) is 0 Å². The maximum Gasteiger partial charge on any atom is 0.254 e. The molecule has 0 radical (unpaired) electrons. The fourth-order valence-electron chi connectivity index (χ4n) is 2.84. The molecule has 2 N–H and O–H groups in total. The molecule has 1 amide bonds. The highest BCUT2D eigenvalue weighted by Crippen LogP contribution is 2.23. The fraction of sp³-hybridized carbons (Fsp3) is 0.562. The molecule has 1 saturated carbocycles.